The Labute approximate surface area is 220 Å². The molecule has 2 aromatic carbocycles. The molecule has 4 amide bonds. The zero-order valence-electron chi connectivity index (χ0n) is 20.8. The van der Waals surface area contributed by atoms with Crippen LogP contribution in [0.25, 0.3) is 11.1 Å². The van der Waals surface area contributed by atoms with Gasteiger partial charge in [0.05, 0.1) is 0 Å². The van der Waals surface area contributed by atoms with E-state index in [1.807, 2.05) is 42.5 Å². The number of rotatable bonds is 7. The van der Waals surface area contributed by atoms with Gasteiger partial charge in [0.1, 0.15) is 0 Å². The topological polar surface area (TPSA) is 130 Å². The molecule has 3 rings (SSSR count). The first-order valence-corrected chi connectivity index (χ1v) is 12.2. The second-order valence-corrected chi connectivity index (χ2v) is 9.56. The summed E-state index contributed by atoms with van der Waals surface area (Å²) in [5.74, 6) is -3.06. The van der Waals surface area contributed by atoms with Gasteiger partial charge in [-0.25, -0.2) is 9.59 Å². The minimum Gasteiger partial charge on any atom is -0.479 e. The molecule has 1 aliphatic rings. The van der Waals surface area contributed by atoms with Crippen LogP contribution in [0.4, 0.5) is 4.79 Å². The van der Waals surface area contributed by atoms with Crippen molar-refractivity contribution in [2.45, 2.75) is 25.0 Å². The summed E-state index contributed by atoms with van der Waals surface area (Å²) in [6.07, 6.45) is -1.76. The molecule has 2 aromatic rings. The van der Waals surface area contributed by atoms with E-state index in [4.69, 9.17) is 16.7 Å². The minimum atomic E-state index is -1.70. The lowest BCUT2D eigenvalue weighted by atomic mass is 9.97. The SMILES string of the molecule is CN(C)C(=O)N1CCN(C(=O)C(=O)NC(Cc2ccc(-c3cccc(Cl)c3)cc2)CC(O)C(=O)O)CC1. The number of hydrogen-bond donors (Lipinski definition) is 3. The van der Waals surface area contributed by atoms with Crippen molar-refractivity contribution in [3.63, 3.8) is 0 Å². The third kappa shape index (κ3) is 7.68. The number of aliphatic carboxylic acids is 1. The molecule has 1 saturated heterocycles. The van der Waals surface area contributed by atoms with Crippen molar-refractivity contribution in [3.8, 4) is 11.1 Å². The maximum Gasteiger partial charge on any atom is 0.332 e. The molecule has 0 aliphatic carbocycles. The van der Waals surface area contributed by atoms with Crippen molar-refractivity contribution in [3.05, 3.63) is 59.1 Å². The van der Waals surface area contributed by atoms with Crippen molar-refractivity contribution in [2.75, 3.05) is 40.3 Å². The van der Waals surface area contributed by atoms with E-state index in [0.717, 1.165) is 16.7 Å². The molecule has 1 aliphatic heterocycles. The van der Waals surface area contributed by atoms with Gasteiger partial charge in [-0.15, -0.1) is 0 Å². The van der Waals surface area contributed by atoms with Crippen LogP contribution in [0.1, 0.15) is 12.0 Å². The van der Waals surface area contributed by atoms with Crippen molar-refractivity contribution in [1.29, 1.82) is 0 Å². The van der Waals surface area contributed by atoms with E-state index in [1.165, 1.54) is 9.80 Å². The standard InChI is InChI=1S/C26H31ClN4O6/c1-29(2)26(37)31-12-10-30(11-13-31)24(34)23(33)28-21(16-22(32)25(35)36)14-17-6-8-18(9-7-17)19-4-3-5-20(27)15-19/h3-9,15,21-22,32H,10-14,16H2,1-2H3,(H,28,33)(H,35,36). The Morgan fingerprint density at radius 1 is 0.973 bits per heavy atom. The molecule has 0 bridgehead atoms. The molecule has 3 N–H and O–H groups in total. The van der Waals surface area contributed by atoms with E-state index in [1.54, 1.807) is 25.1 Å². The lowest BCUT2D eigenvalue weighted by molar-refractivity contribution is -0.149. The molecular formula is C26H31ClN4O6. The summed E-state index contributed by atoms with van der Waals surface area (Å²) in [5, 5.41) is 22.3. The van der Waals surface area contributed by atoms with E-state index < -0.39 is 29.9 Å². The highest BCUT2D eigenvalue weighted by Gasteiger charge is 2.30. The number of carbonyl (C=O) groups excluding carboxylic acids is 3. The molecule has 1 fully saturated rings. The van der Waals surface area contributed by atoms with Crippen LogP contribution in [0.15, 0.2) is 48.5 Å². The van der Waals surface area contributed by atoms with E-state index in [0.29, 0.717) is 18.1 Å². The smallest absolute Gasteiger partial charge is 0.332 e. The van der Waals surface area contributed by atoms with Gasteiger partial charge in [-0.2, -0.15) is 0 Å². The Balaban J connectivity index is 1.65. The quantitative estimate of drug-likeness (QED) is 0.467. The van der Waals surface area contributed by atoms with Crippen LogP contribution in [-0.2, 0) is 20.8 Å². The number of carbonyl (C=O) groups is 4. The number of hydrogen-bond acceptors (Lipinski definition) is 5. The fourth-order valence-electron chi connectivity index (χ4n) is 4.12. The maximum absolute atomic E-state index is 12.8. The fraction of sp³-hybridized carbons (Fsp3) is 0.385. The van der Waals surface area contributed by atoms with Crippen LogP contribution < -0.4 is 5.32 Å². The maximum atomic E-state index is 12.8. The van der Waals surface area contributed by atoms with Gasteiger partial charge >= 0.3 is 23.8 Å². The number of nitrogens with one attached hydrogen (secondary N) is 1. The molecule has 198 valence electrons. The number of amides is 4. The summed E-state index contributed by atoms with van der Waals surface area (Å²) < 4.78 is 0. The summed E-state index contributed by atoms with van der Waals surface area (Å²) in [6, 6.07) is 13.9. The van der Waals surface area contributed by atoms with E-state index >= 15 is 0 Å². The predicted octanol–water partition coefficient (Wildman–Crippen LogP) is 1.70. The number of carboxylic acids is 1. The normalized spacial score (nSPS) is 15.0. The highest BCUT2D eigenvalue weighted by molar-refractivity contribution is 6.35. The average molecular weight is 531 g/mol. The summed E-state index contributed by atoms with van der Waals surface area (Å²) in [4.78, 5) is 53.2. The Kier molecular flexibility index (Phi) is 9.48. The van der Waals surface area contributed by atoms with Gasteiger partial charge in [0.15, 0.2) is 6.10 Å². The lowest BCUT2D eigenvalue weighted by Gasteiger charge is -2.35. The Morgan fingerprint density at radius 2 is 1.59 bits per heavy atom. The number of nitrogens with zero attached hydrogens (tertiary/aromatic N) is 3. The van der Waals surface area contributed by atoms with Gasteiger partial charge in [0.25, 0.3) is 0 Å². The van der Waals surface area contributed by atoms with Gasteiger partial charge in [-0.05, 0) is 35.2 Å². The van der Waals surface area contributed by atoms with Crippen LogP contribution in [0.3, 0.4) is 0 Å². The highest BCUT2D eigenvalue weighted by atomic mass is 35.5. The largest absolute Gasteiger partial charge is 0.479 e. The first kappa shape index (κ1) is 27.9. The third-order valence-corrected chi connectivity index (χ3v) is 6.37. The zero-order valence-corrected chi connectivity index (χ0v) is 21.5. The first-order valence-electron chi connectivity index (χ1n) is 11.9. The number of aliphatic hydroxyl groups excluding tert-OH is 1. The van der Waals surface area contributed by atoms with Crippen LogP contribution >= 0.6 is 11.6 Å². The molecular weight excluding hydrogens is 500 g/mol. The number of carboxylic acid groups (broad SMARTS) is 1. The van der Waals surface area contributed by atoms with Crippen LogP contribution in [0.5, 0.6) is 0 Å². The monoisotopic (exact) mass is 530 g/mol. The van der Waals surface area contributed by atoms with Crippen molar-refractivity contribution < 1.29 is 29.4 Å². The van der Waals surface area contributed by atoms with Crippen LogP contribution in [0, 0.1) is 0 Å². The number of urea groups is 1. The van der Waals surface area contributed by atoms with Gasteiger partial charge in [0, 0.05) is 57.8 Å². The Morgan fingerprint density at radius 3 is 2.16 bits per heavy atom. The molecule has 0 saturated carbocycles. The second kappa shape index (κ2) is 12.6. The van der Waals surface area contributed by atoms with E-state index in [2.05, 4.69) is 5.32 Å². The number of halogens is 1. The van der Waals surface area contributed by atoms with Crippen molar-refractivity contribution in [2.24, 2.45) is 0 Å². The number of piperazine rings is 1. The van der Waals surface area contributed by atoms with E-state index in [9.17, 15) is 24.3 Å². The lowest BCUT2D eigenvalue weighted by Crippen LogP contribution is -2.56. The van der Waals surface area contributed by atoms with E-state index in [-0.39, 0.29) is 32.0 Å². The molecule has 10 nitrogen and oxygen atoms in total. The molecule has 2 atom stereocenters. The van der Waals surface area contributed by atoms with Crippen LogP contribution in [-0.4, -0.2) is 101 Å². The zero-order chi connectivity index (χ0) is 27.1. The summed E-state index contributed by atoms with van der Waals surface area (Å²) >= 11 is 6.07. The van der Waals surface area contributed by atoms with Crippen molar-refractivity contribution in [1.82, 2.24) is 20.0 Å². The third-order valence-electron chi connectivity index (χ3n) is 6.14. The molecule has 1 heterocycles. The van der Waals surface area contributed by atoms with Gasteiger partial charge in [-0.1, -0.05) is 48.0 Å². The van der Waals surface area contributed by atoms with Gasteiger partial charge < -0.3 is 30.2 Å². The van der Waals surface area contributed by atoms with Gasteiger partial charge in [0.2, 0.25) is 0 Å². The summed E-state index contributed by atoms with van der Waals surface area (Å²) in [5.41, 5.74) is 2.65. The second-order valence-electron chi connectivity index (χ2n) is 9.13. The van der Waals surface area contributed by atoms with Crippen LogP contribution in [0.2, 0.25) is 5.02 Å². The highest BCUT2D eigenvalue weighted by Crippen LogP contribution is 2.23. The average Bonchev–Trinajstić information content (AvgIpc) is 2.88. The minimum absolute atomic E-state index is 0.166. The summed E-state index contributed by atoms with van der Waals surface area (Å²) in [6.45, 7) is 1.02. The summed E-state index contributed by atoms with van der Waals surface area (Å²) in [7, 11) is 3.29. The molecule has 0 aromatic heterocycles. The molecule has 0 radical (unpaired) electrons. The number of benzene rings is 2. The fourth-order valence-corrected chi connectivity index (χ4v) is 4.31. The van der Waals surface area contributed by atoms with Crippen molar-refractivity contribution >= 4 is 35.4 Å². The molecule has 2 unspecified atom stereocenters. The first-order chi connectivity index (χ1) is 17.5. The molecule has 37 heavy (non-hydrogen) atoms. The predicted molar refractivity (Wildman–Crippen MR) is 138 cm³/mol. The number of aliphatic hydroxyl groups is 1. The van der Waals surface area contributed by atoms with Gasteiger partial charge in [-0.3, -0.25) is 9.59 Å². The molecule has 0 spiro atoms. The Bertz CT molecular complexity index is 1130. The Hall–Kier alpha value is -3.63. The molecule has 11 heteroatoms.